The van der Waals surface area contributed by atoms with Gasteiger partial charge in [-0.2, -0.15) is 0 Å². The summed E-state index contributed by atoms with van der Waals surface area (Å²) in [5.74, 6) is 5.43. The average molecular weight is 271 g/mol. The van der Waals surface area contributed by atoms with Gasteiger partial charge in [-0.3, -0.25) is 5.21 Å². The lowest BCUT2D eigenvalue weighted by Crippen LogP contribution is -2.05. The van der Waals surface area contributed by atoms with Crippen LogP contribution in [0.15, 0.2) is 0 Å². The van der Waals surface area contributed by atoms with Gasteiger partial charge in [0.15, 0.2) is 0 Å². The first-order valence-electron chi connectivity index (χ1n) is 7.85. The molecule has 0 aromatic carbocycles. The molecule has 0 aromatic rings. The van der Waals surface area contributed by atoms with E-state index in [4.69, 9.17) is 5.21 Å². The Labute approximate surface area is 118 Å². The second-order valence-electron chi connectivity index (χ2n) is 5.13. The fraction of sp³-hybridized carbons (Fsp3) is 0.875. The predicted octanol–water partition coefficient (Wildman–Crippen LogP) is 5.27. The lowest BCUT2D eigenvalue weighted by molar-refractivity contribution is -0.226. The first-order chi connectivity index (χ1) is 9.27. The molecule has 0 unspecified atom stereocenters. The Morgan fingerprint density at radius 2 is 1.26 bits per heavy atom. The molecule has 0 aliphatic rings. The number of rotatable bonds is 12. The zero-order valence-corrected chi connectivity index (χ0v) is 12.5. The number of halogens is 1. The summed E-state index contributed by atoms with van der Waals surface area (Å²) >= 11 is 0. The molecule has 0 amide bonds. The van der Waals surface area contributed by atoms with E-state index in [1.807, 2.05) is 0 Å². The van der Waals surface area contributed by atoms with Gasteiger partial charge in [-0.15, -0.1) is 10.4 Å². The van der Waals surface area contributed by atoms with Crippen LogP contribution >= 0.6 is 0 Å². The Morgan fingerprint density at radius 3 is 1.74 bits per heavy atom. The van der Waals surface area contributed by atoms with Crippen molar-refractivity contribution >= 4 is 0 Å². The summed E-state index contributed by atoms with van der Waals surface area (Å²) < 4.78 is 11.8. The van der Waals surface area contributed by atoms with E-state index in [2.05, 4.69) is 18.8 Å². The van der Waals surface area contributed by atoms with E-state index < -0.39 is 0 Å². The molecular formula is C16H30FNO. The molecule has 0 spiro atoms. The van der Waals surface area contributed by atoms with Gasteiger partial charge < -0.3 is 0 Å². The van der Waals surface area contributed by atoms with Crippen molar-refractivity contribution in [1.29, 1.82) is 0 Å². The summed E-state index contributed by atoms with van der Waals surface area (Å²) in [6.45, 7) is 2.04. The van der Waals surface area contributed by atoms with E-state index in [0.717, 1.165) is 12.8 Å². The van der Waals surface area contributed by atoms with Crippen LogP contribution < -0.4 is 0 Å². The van der Waals surface area contributed by atoms with Crippen molar-refractivity contribution in [2.24, 2.45) is 0 Å². The van der Waals surface area contributed by atoms with Gasteiger partial charge in [-0.25, -0.2) is 0 Å². The number of nitrogens with zero attached hydrogens (tertiary/aromatic N) is 1. The van der Waals surface area contributed by atoms with E-state index in [-0.39, 0.29) is 11.8 Å². The quantitative estimate of drug-likeness (QED) is 0.226. The molecule has 19 heavy (non-hydrogen) atoms. The minimum Gasteiger partial charge on any atom is -0.285 e. The number of unbranched alkanes of at least 4 members (excludes halogenated alkanes) is 11. The molecular weight excluding hydrogens is 241 g/mol. The Bertz CT molecular complexity index is 233. The largest absolute Gasteiger partial charge is 0.285 e. The van der Waals surface area contributed by atoms with Crippen LogP contribution in [0.1, 0.15) is 84.0 Å². The highest BCUT2D eigenvalue weighted by molar-refractivity contribution is 4.99. The Morgan fingerprint density at radius 1 is 0.789 bits per heavy atom. The zero-order valence-electron chi connectivity index (χ0n) is 12.5. The third-order valence-corrected chi connectivity index (χ3v) is 3.24. The monoisotopic (exact) mass is 271 g/mol. The van der Waals surface area contributed by atoms with Crippen molar-refractivity contribution < 1.29 is 9.69 Å². The van der Waals surface area contributed by atoms with Gasteiger partial charge in [0.1, 0.15) is 6.54 Å². The van der Waals surface area contributed by atoms with E-state index in [1.165, 1.54) is 64.2 Å². The van der Waals surface area contributed by atoms with E-state index >= 15 is 0 Å². The van der Waals surface area contributed by atoms with Crippen molar-refractivity contribution in [3.05, 3.63) is 0 Å². The van der Waals surface area contributed by atoms with Crippen LogP contribution in [0, 0.1) is 11.8 Å². The molecule has 0 atom stereocenters. The lowest BCUT2D eigenvalue weighted by atomic mass is 10.1. The SMILES string of the molecule is CCCCCCCCCCCCCC#CCN(O)F. The summed E-state index contributed by atoms with van der Waals surface area (Å²) in [7, 11) is 0. The van der Waals surface area contributed by atoms with Gasteiger partial charge in [-0.1, -0.05) is 77.1 Å². The molecule has 1 N–H and O–H groups in total. The molecule has 2 nitrogen and oxygen atoms in total. The standard InChI is InChI=1S/C16H30FNO/c1-2-3-4-5-6-7-8-9-10-11-12-13-14-15-16-18(17)19/h19H,2-13,16H2,1H3. The van der Waals surface area contributed by atoms with Crippen LogP contribution in [0.25, 0.3) is 0 Å². The van der Waals surface area contributed by atoms with Crippen molar-refractivity contribution in [2.75, 3.05) is 6.54 Å². The predicted molar refractivity (Wildman–Crippen MR) is 78.5 cm³/mol. The van der Waals surface area contributed by atoms with Crippen LogP contribution in [0.2, 0.25) is 0 Å². The van der Waals surface area contributed by atoms with Crippen molar-refractivity contribution in [1.82, 2.24) is 5.29 Å². The third-order valence-electron chi connectivity index (χ3n) is 3.24. The van der Waals surface area contributed by atoms with Crippen LogP contribution in [-0.2, 0) is 0 Å². The molecule has 0 bridgehead atoms. The van der Waals surface area contributed by atoms with Gasteiger partial charge in [0.05, 0.1) is 0 Å². The molecule has 0 radical (unpaired) electrons. The molecule has 112 valence electrons. The molecule has 0 aliphatic carbocycles. The molecule has 0 saturated carbocycles. The minimum atomic E-state index is -0.381. The van der Waals surface area contributed by atoms with Gasteiger partial charge >= 0.3 is 0 Å². The summed E-state index contributed by atoms with van der Waals surface area (Å²) in [6.07, 6.45) is 15.4. The highest BCUT2D eigenvalue weighted by Gasteiger charge is 1.92. The Kier molecular flexibility index (Phi) is 15.0. The van der Waals surface area contributed by atoms with Crippen molar-refractivity contribution in [3.8, 4) is 11.8 Å². The highest BCUT2D eigenvalue weighted by atomic mass is 19.2. The van der Waals surface area contributed by atoms with Crippen LogP contribution in [0.4, 0.5) is 4.48 Å². The number of hydrogen-bond acceptors (Lipinski definition) is 2. The van der Waals surface area contributed by atoms with Crippen LogP contribution in [-0.4, -0.2) is 17.0 Å². The second kappa shape index (κ2) is 15.5. The number of hydroxylamine groups is 1. The first-order valence-corrected chi connectivity index (χ1v) is 7.85. The van der Waals surface area contributed by atoms with Crippen molar-refractivity contribution in [3.63, 3.8) is 0 Å². The normalized spacial score (nSPS) is 10.5. The Hall–Kier alpha value is -0.590. The fourth-order valence-corrected chi connectivity index (χ4v) is 2.09. The molecule has 0 fully saturated rings. The van der Waals surface area contributed by atoms with Crippen LogP contribution in [0.3, 0.4) is 0 Å². The summed E-state index contributed by atoms with van der Waals surface area (Å²) in [5, 5.41) is 7.83. The topological polar surface area (TPSA) is 23.5 Å². The molecule has 0 aromatic heterocycles. The zero-order chi connectivity index (χ0) is 14.2. The smallest absolute Gasteiger partial charge is 0.118 e. The highest BCUT2D eigenvalue weighted by Crippen LogP contribution is 2.11. The maximum absolute atomic E-state index is 11.8. The fourth-order valence-electron chi connectivity index (χ4n) is 2.09. The minimum absolute atomic E-state index is 0.210. The molecule has 0 rings (SSSR count). The van der Waals surface area contributed by atoms with Crippen molar-refractivity contribution in [2.45, 2.75) is 84.0 Å². The van der Waals surface area contributed by atoms with E-state index in [1.54, 1.807) is 0 Å². The molecule has 0 aliphatic heterocycles. The molecule has 3 heteroatoms. The van der Waals surface area contributed by atoms with Crippen LogP contribution in [0.5, 0.6) is 0 Å². The van der Waals surface area contributed by atoms with Gasteiger partial charge in [0.2, 0.25) is 0 Å². The summed E-state index contributed by atoms with van der Waals surface area (Å²) in [6, 6.07) is 0. The van der Waals surface area contributed by atoms with Gasteiger partial charge in [0.25, 0.3) is 0 Å². The first kappa shape index (κ1) is 18.4. The summed E-state index contributed by atoms with van der Waals surface area (Å²) in [5.41, 5.74) is 0. The molecule has 0 saturated heterocycles. The van der Waals surface area contributed by atoms with E-state index in [0.29, 0.717) is 0 Å². The second-order valence-corrected chi connectivity index (χ2v) is 5.13. The number of hydrogen-bond donors (Lipinski definition) is 1. The lowest BCUT2D eigenvalue weighted by Gasteiger charge is -2.01. The average Bonchev–Trinajstić information content (AvgIpc) is 2.39. The molecule has 0 heterocycles. The maximum atomic E-state index is 11.8. The third kappa shape index (κ3) is 17.4. The Balaban J connectivity index is 3.04. The van der Waals surface area contributed by atoms with E-state index in [9.17, 15) is 4.48 Å². The van der Waals surface area contributed by atoms with Gasteiger partial charge in [0, 0.05) is 6.42 Å². The maximum Gasteiger partial charge on any atom is 0.118 e. The van der Waals surface area contributed by atoms with Gasteiger partial charge in [-0.05, 0) is 11.7 Å². The summed E-state index contributed by atoms with van der Waals surface area (Å²) in [4.78, 5) is 0.